The largest absolute Gasteiger partial charge is 0.480 e. The third-order valence-electron chi connectivity index (χ3n) is 3.99. The van der Waals surface area contributed by atoms with E-state index in [2.05, 4.69) is 0 Å². The van der Waals surface area contributed by atoms with Gasteiger partial charge in [-0.1, -0.05) is 6.07 Å². The predicted molar refractivity (Wildman–Crippen MR) is 84.5 cm³/mol. The molecule has 1 N–H and O–H groups in total. The maximum Gasteiger partial charge on any atom is 0.318 e. The van der Waals surface area contributed by atoms with Gasteiger partial charge in [-0.15, -0.1) is 0 Å². The Morgan fingerprint density at radius 3 is 2.43 bits per heavy atom. The zero-order valence-corrected chi connectivity index (χ0v) is 14.5. The van der Waals surface area contributed by atoms with Crippen molar-refractivity contribution < 1.29 is 26.7 Å². The second-order valence-electron chi connectivity index (χ2n) is 5.75. The average molecular weight is 361 g/mol. The van der Waals surface area contributed by atoms with Crippen molar-refractivity contribution in [2.45, 2.75) is 31.2 Å². The van der Waals surface area contributed by atoms with Gasteiger partial charge in [-0.3, -0.25) is 4.79 Å². The van der Waals surface area contributed by atoms with Gasteiger partial charge in [0.15, 0.2) is 9.84 Å². The molecule has 1 saturated heterocycles. The standard InChI is InChI=1S/C14H19NO6S2/c1-10-3-4-13(7-11(10)2)23(20,21)15(8-14(16)17)12-5-6-22(18,19)9-12/h3-4,7,12H,5-6,8-9H2,1-2H3,(H,16,17)/t12-/m0/s1. The first-order valence-corrected chi connectivity index (χ1v) is 10.3. The molecule has 0 aliphatic carbocycles. The number of sulfonamides is 1. The molecule has 0 radical (unpaired) electrons. The van der Waals surface area contributed by atoms with E-state index in [1.54, 1.807) is 13.0 Å². The van der Waals surface area contributed by atoms with E-state index in [0.717, 1.165) is 15.4 Å². The summed E-state index contributed by atoms with van der Waals surface area (Å²) >= 11 is 0. The summed E-state index contributed by atoms with van der Waals surface area (Å²) in [7, 11) is -7.41. The molecule has 1 aliphatic heterocycles. The molecule has 23 heavy (non-hydrogen) atoms. The normalized spacial score (nSPS) is 20.7. The van der Waals surface area contributed by atoms with E-state index < -0.39 is 38.4 Å². The van der Waals surface area contributed by atoms with Gasteiger partial charge in [-0.05, 0) is 43.5 Å². The summed E-state index contributed by atoms with van der Waals surface area (Å²) in [4.78, 5) is 11.0. The minimum absolute atomic E-state index is 0.0221. The number of hydrogen-bond donors (Lipinski definition) is 1. The number of aliphatic carboxylic acids is 1. The van der Waals surface area contributed by atoms with E-state index in [-0.39, 0.29) is 22.8 Å². The van der Waals surface area contributed by atoms with E-state index in [9.17, 15) is 21.6 Å². The highest BCUT2D eigenvalue weighted by Crippen LogP contribution is 2.26. The second kappa shape index (κ2) is 6.21. The van der Waals surface area contributed by atoms with Crippen LogP contribution in [0.5, 0.6) is 0 Å². The number of hydrogen-bond acceptors (Lipinski definition) is 5. The van der Waals surface area contributed by atoms with Crippen LogP contribution in [-0.2, 0) is 24.7 Å². The molecule has 1 fully saturated rings. The molecule has 9 heteroatoms. The number of nitrogens with zero attached hydrogens (tertiary/aromatic N) is 1. The lowest BCUT2D eigenvalue weighted by atomic mass is 10.1. The van der Waals surface area contributed by atoms with Gasteiger partial charge in [-0.25, -0.2) is 16.8 Å². The summed E-state index contributed by atoms with van der Waals surface area (Å²) in [5.41, 5.74) is 1.68. The Bertz CT molecular complexity index is 829. The molecule has 0 aromatic heterocycles. The van der Waals surface area contributed by atoms with Crippen LogP contribution in [-0.4, -0.2) is 56.3 Å². The highest BCUT2D eigenvalue weighted by atomic mass is 32.2. The summed E-state index contributed by atoms with van der Waals surface area (Å²) in [5.74, 6) is -1.79. The molecule has 0 amide bonds. The summed E-state index contributed by atoms with van der Waals surface area (Å²) in [5, 5.41) is 9.03. The van der Waals surface area contributed by atoms with Crippen LogP contribution in [0.3, 0.4) is 0 Å². The molecule has 0 saturated carbocycles. The molecular weight excluding hydrogens is 342 g/mol. The Morgan fingerprint density at radius 2 is 1.96 bits per heavy atom. The van der Waals surface area contributed by atoms with Crippen LogP contribution in [0.4, 0.5) is 0 Å². The lowest BCUT2D eigenvalue weighted by Crippen LogP contribution is -2.44. The smallest absolute Gasteiger partial charge is 0.318 e. The Morgan fingerprint density at radius 1 is 1.30 bits per heavy atom. The first-order chi connectivity index (χ1) is 10.5. The SMILES string of the molecule is Cc1ccc(S(=O)(=O)N(CC(=O)O)[C@H]2CCS(=O)(=O)C2)cc1C. The van der Waals surface area contributed by atoms with Crippen LogP contribution in [0.25, 0.3) is 0 Å². The van der Waals surface area contributed by atoms with Crippen molar-refractivity contribution >= 4 is 25.8 Å². The number of aryl methyl sites for hydroxylation is 2. The zero-order valence-electron chi connectivity index (χ0n) is 12.9. The second-order valence-corrected chi connectivity index (χ2v) is 9.87. The van der Waals surface area contributed by atoms with Gasteiger partial charge < -0.3 is 5.11 Å². The molecule has 128 valence electrons. The van der Waals surface area contributed by atoms with Gasteiger partial charge in [0.25, 0.3) is 0 Å². The van der Waals surface area contributed by atoms with Crippen molar-refractivity contribution in [3.8, 4) is 0 Å². The molecule has 1 aliphatic rings. The van der Waals surface area contributed by atoms with Gasteiger partial charge >= 0.3 is 5.97 Å². The number of benzene rings is 1. The van der Waals surface area contributed by atoms with E-state index in [0.29, 0.717) is 0 Å². The number of rotatable bonds is 5. The van der Waals surface area contributed by atoms with Crippen LogP contribution in [0.15, 0.2) is 23.1 Å². The van der Waals surface area contributed by atoms with Gasteiger partial charge in [0, 0.05) is 6.04 Å². The first kappa shape index (κ1) is 17.9. The Hall–Kier alpha value is -1.45. The monoisotopic (exact) mass is 361 g/mol. The van der Waals surface area contributed by atoms with Crippen molar-refractivity contribution in [3.63, 3.8) is 0 Å². The fourth-order valence-electron chi connectivity index (χ4n) is 2.56. The van der Waals surface area contributed by atoms with Crippen LogP contribution in [0.2, 0.25) is 0 Å². The molecule has 0 unspecified atom stereocenters. The average Bonchev–Trinajstić information content (AvgIpc) is 2.78. The Balaban J connectivity index is 2.45. The third kappa shape index (κ3) is 3.91. The molecule has 1 aromatic carbocycles. The summed E-state index contributed by atoms with van der Waals surface area (Å²) < 4.78 is 49.6. The highest BCUT2D eigenvalue weighted by molar-refractivity contribution is 7.92. The van der Waals surface area contributed by atoms with E-state index >= 15 is 0 Å². The molecule has 1 aromatic rings. The van der Waals surface area contributed by atoms with Gasteiger partial charge in [0.2, 0.25) is 10.0 Å². The van der Waals surface area contributed by atoms with Crippen molar-refractivity contribution in [2.24, 2.45) is 0 Å². The third-order valence-corrected chi connectivity index (χ3v) is 7.64. The number of carboxylic acids is 1. The lowest BCUT2D eigenvalue weighted by molar-refractivity contribution is -0.137. The van der Waals surface area contributed by atoms with Crippen molar-refractivity contribution in [2.75, 3.05) is 18.1 Å². The summed E-state index contributed by atoms with van der Waals surface area (Å²) in [6.07, 6.45) is 0.111. The van der Waals surface area contributed by atoms with Crippen molar-refractivity contribution in [1.82, 2.24) is 4.31 Å². The fraction of sp³-hybridized carbons (Fsp3) is 0.500. The lowest BCUT2D eigenvalue weighted by Gasteiger charge is -2.26. The summed E-state index contributed by atoms with van der Waals surface area (Å²) in [6.45, 7) is 2.84. The molecule has 0 spiro atoms. The highest BCUT2D eigenvalue weighted by Gasteiger charge is 2.39. The molecule has 1 heterocycles. The van der Waals surface area contributed by atoms with Gasteiger partial charge in [0.05, 0.1) is 16.4 Å². The van der Waals surface area contributed by atoms with Crippen LogP contribution in [0, 0.1) is 13.8 Å². The van der Waals surface area contributed by atoms with Crippen molar-refractivity contribution in [3.05, 3.63) is 29.3 Å². The zero-order chi connectivity index (χ0) is 17.4. The van der Waals surface area contributed by atoms with Gasteiger partial charge in [0.1, 0.15) is 6.54 Å². The molecule has 2 rings (SSSR count). The quantitative estimate of drug-likeness (QED) is 0.821. The predicted octanol–water partition coefficient (Wildman–Crippen LogP) is 0.566. The summed E-state index contributed by atoms with van der Waals surface area (Å²) in [6, 6.07) is 3.69. The molecule has 1 atom stereocenters. The molecular formula is C14H19NO6S2. The number of sulfone groups is 1. The fourth-order valence-corrected chi connectivity index (χ4v) is 6.07. The first-order valence-electron chi connectivity index (χ1n) is 7.04. The topological polar surface area (TPSA) is 109 Å². The van der Waals surface area contributed by atoms with Crippen LogP contribution < -0.4 is 0 Å². The minimum atomic E-state index is -4.08. The molecule has 0 bridgehead atoms. The maximum absolute atomic E-state index is 12.8. The Kier molecular flexibility index (Phi) is 4.84. The van der Waals surface area contributed by atoms with Crippen LogP contribution in [0.1, 0.15) is 17.5 Å². The van der Waals surface area contributed by atoms with E-state index in [1.165, 1.54) is 12.1 Å². The number of carbonyl (C=O) groups is 1. The van der Waals surface area contributed by atoms with E-state index in [4.69, 9.17) is 5.11 Å². The minimum Gasteiger partial charge on any atom is -0.480 e. The van der Waals surface area contributed by atoms with Crippen LogP contribution >= 0.6 is 0 Å². The van der Waals surface area contributed by atoms with Crippen molar-refractivity contribution in [1.29, 1.82) is 0 Å². The number of carboxylic acid groups (broad SMARTS) is 1. The molecule has 7 nitrogen and oxygen atoms in total. The van der Waals surface area contributed by atoms with E-state index in [1.807, 2.05) is 6.92 Å². The van der Waals surface area contributed by atoms with Gasteiger partial charge in [-0.2, -0.15) is 4.31 Å². The maximum atomic E-state index is 12.8. The Labute approximate surface area is 135 Å².